The van der Waals surface area contributed by atoms with Crippen LogP contribution in [0.25, 0.3) is 10.9 Å². The number of rotatable bonds is 0. The Labute approximate surface area is 140 Å². The van der Waals surface area contributed by atoms with Gasteiger partial charge in [-0.3, -0.25) is 4.98 Å². The van der Waals surface area contributed by atoms with Crippen molar-refractivity contribution in [1.82, 2.24) is 4.98 Å². The smallest absolute Gasteiger partial charge is 0.0703 e. The van der Waals surface area contributed by atoms with Crippen molar-refractivity contribution in [3.05, 3.63) is 89.8 Å². The number of nitrogens with zero attached hydrogens (tertiary/aromatic N) is 1. The first-order chi connectivity index (χ1) is 10.2. The normalized spacial score (nSPS) is 12.4. The second kappa shape index (κ2) is 7.68. The zero-order valence-electron chi connectivity index (χ0n) is 12.9. The first-order valence-corrected chi connectivity index (χ1v) is 7.47. The fraction of sp³-hybridized carbons (Fsp3) is 0.0500. The van der Waals surface area contributed by atoms with E-state index in [-0.39, 0.29) is 7.43 Å². The second-order valence-corrected chi connectivity index (χ2v) is 5.79. The number of fused-ring (bicyclic) bond motifs is 1. The molecule has 0 bridgehead atoms. The number of hydrogen-bond donors (Lipinski definition) is 0. The summed E-state index contributed by atoms with van der Waals surface area (Å²) in [6.45, 7) is 2.07. The summed E-state index contributed by atoms with van der Waals surface area (Å²) in [6, 6.07) is 8.13. The molecule has 125 valence electrons. The van der Waals surface area contributed by atoms with Gasteiger partial charge in [0.2, 0.25) is 0 Å². The average Bonchev–Trinajstić information content (AvgIpc) is 2.69. The van der Waals surface area contributed by atoms with Gasteiger partial charge in [0.05, 0.1) is 5.52 Å². The standard InChI is InChI=1S/C19H13BrN.CH3.Lr/c1-14-4-2-3-5-15(10-14)6-7-16-8-9-19-17(11-16)12-18(20)13-21-19;;/h2-5,8-13H,1H3;1H3;/q2*-1;. The Morgan fingerprint density at radius 3 is 2.78 bits per heavy atom. The molecule has 0 saturated heterocycles. The maximum atomic E-state index is 4.36. The largest absolute Gasteiger partial charge is 0.358 e. The molecule has 0 N–H and O–H groups in total. The van der Waals surface area contributed by atoms with Crippen molar-refractivity contribution in [2.24, 2.45) is 0 Å². The van der Waals surface area contributed by atoms with Gasteiger partial charge in [-0.2, -0.15) is 24.1 Å². The summed E-state index contributed by atoms with van der Waals surface area (Å²) in [4.78, 5) is 4.36. The van der Waals surface area contributed by atoms with Crippen LogP contribution in [-0.2, 0) is 0 Å². The maximum absolute atomic E-state index is 4.36. The minimum Gasteiger partial charge on any atom is -0.358 e. The molecule has 0 saturated carbocycles. The summed E-state index contributed by atoms with van der Waals surface area (Å²) in [6.07, 6.45) is 12.0. The van der Waals surface area contributed by atoms with E-state index in [1.165, 1.54) is 5.92 Å². The van der Waals surface area contributed by atoms with E-state index in [0.717, 1.165) is 26.5 Å². The van der Waals surface area contributed by atoms with Crippen LogP contribution in [0, 0.1) is 25.2 Å². The van der Waals surface area contributed by atoms with Crippen LogP contribution in [0.15, 0.2) is 70.9 Å². The van der Waals surface area contributed by atoms with Gasteiger partial charge in [0.15, 0.2) is 0 Å². The van der Waals surface area contributed by atoms with E-state index in [1.807, 2.05) is 30.4 Å². The molecule has 0 aliphatic heterocycles. The Kier molecular flexibility index (Phi) is 5.95. The van der Waals surface area contributed by atoms with Crippen LogP contribution in [0.1, 0.15) is 12.5 Å². The second-order valence-electron chi connectivity index (χ2n) is 4.87. The fourth-order valence-electron chi connectivity index (χ4n) is 2.11. The van der Waals surface area contributed by atoms with E-state index in [9.17, 15) is 0 Å². The molecule has 1 aliphatic rings. The first kappa shape index (κ1) is 17.8. The van der Waals surface area contributed by atoms with E-state index in [2.05, 4.69) is 64.0 Å². The van der Waals surface area contributed by atoms with Crippen LogP contribution < -0.4 is 0 Å². The molecule has 2 aromatic rings. The number of halogens is 1. The van der Waals surface area contributed by atoms with Gasteiger partial charge in [-0.05, 0) is 40.2 Å². The summed E-state index contributed by atoms with van der Waals surface area (Å²) in [5, 5.41) is 1.09. The van der Waals surface area contributed by atoms with Crippen LogP contribution in [0.4, 0.5) is 0 Å². The molecule has 3 rings (SSSR count). The maximum Gasteiger partial charge on any atom is 0.0703 e. The van der Waals surface area contributed by atoms with Crippen molar-refractivity contribution in [2.45, 2.75) is 6.92 Å². The zero-order chi connectivity index (χ0) is 14.7. The minimum absolute atomic E-state index is 0. The van der Waals surface area contributed by atoms with Gasteiger partial charge >= 0.3 is 0 Å². The van der Waals surface area contributed by atoms with Crippen molar-refractivity contribution in [3.63, 3.8) is 0 Å². The summed E-state index contributed by atoms with van der Waals surface area (Å²) >= 11 is 3.45. The van der Waals surface area contributed by atoms with Gasteiger partial charge in [-0.15, -0.1) is 18.1 Å². The topological polar surface area (TPSA) is 12.9 Å². The van der Waals surface area contributed by atoms with Crippen LogP contribution in [0.2, 0.25) is 0 Å². The Hall–Kier alpha value is -3.24. The van der Waals surface area contributed by atoms with E-state index in [1.54, 1.807) is 6.20 Å². The first-order valence-electron chi connectivity index (χ1n) is 6.68. The molecule has 1 radical (unpaired) electrons. The van der Waals surface area contributed by atoms with Crippen LogP contribution in [-0.4, -0.2) is 4.98 Å². The summed E-state index contributed by atoms with van der Waals surface area (Å²) in [5.41, 5.74) is 2.99. The van der Waals surface area contributed by atoms with Gasteiger partial charge in [0.25, 0.3) is 0 Å². The van der Waals surface area contributed by atoms with E-state index >= 15 is 0 Å². The van der Waals surface area contributed by atoms with Crippen molar-refractivity contribution in [2.75, 3.05) is 0 Å². The van der Waals surface area contributed by atoms with Gasteiger partial charge < -0.3 is 7.43 Å². The Bertz CT molecular complexity index is 838. The molecule has 0 atom stereocenters. The van der Waals surface area contributed by atoms with Crippen molar-refractivity contribution in [3.8, 4) is 11.8 Å². The molecule has 1 heterocycles. The van der Waals surface area contributed by atoms with Crippen molar-refractivity contribution < 1.29 is 0 Å². The molecule has 0 unspecified atom stereocenters. The molecule has 1 aliphatic carbocycles. The predicted molar refractivity (Wildman–Crippen MR) is 98.0 cm³/mol. The van der Waals surface area contributed by atoms with E-state index in [4.69, 9.17) is 0 Å². The molecule has 0 spiro atoms. The van der Waals surface area contributed by atoms with Crippen molar-refractivity contribution >= 4 is 26.8 Å². The molecular formula is C20H16BrLrN-2. The van der Waals surface area contributed by atoms with Gasteiger partial charge in [-0.1, -0.05) is 18.4 Å². The molecule has 3 heteroatoms. The molecule has 1 aromatic heterocycles. The molecular weight excluding hydrogens is 596 g/mol. The van der Waals surface area contributed by atoms with Crippen molar-refractivity contribution in [1.29, 1.82) is 0 Å². The van der Waals surface area contributed by atoms with Crippen LogP contribution in [0.3, 0.4) is 0 Å². The number of allylic oxidation sites excluding steroid dienone is 6. The van der Waals surface area contributed by atoms with Crippen LogP contribution in [0.5, 0.6) is 0 Å². The fourth-order valence-corrected chi connectivity index (χ4v) is 2.46. The molecule has 0 fully saturated rings. The third-order valence-corrected chi connectivity index (χ3v) is 3.56. The monoisotopic (exact) mass is 611 g/mol. The third kappa shape index (κ3) is 4.36. The van der Waals surface area contributed by atoms with E-state index < -0.39 is 0 Å². The Morgan fingerprint density at radius 2 is 1.96 bits per heavy atom. The van der Waals surface area contributed by atoms with Gasteiger partial charge in [0.1, 0.15) is 0 Å². The zero-order valence-corrected chi connectivity index (χ0v) is 16.6. The summed E-state index contributed by atoms with van der Waals surface area (Å²) in [7, 11) is 0. The average molecular weight is 612 g/mol. The number of benzene rings is 1. The summed E-state index contributed by atoms with van der Waals surface area (Å²) in [5.74, 6) is 7.64. The number of aromatic nitrogens is 1. The predicted octanol–water partition coefficient (Wildman–Crippen LogP) is 5.45. The summed E-state index contributed by atoms with van der Waals surface area (Å²) < 4.78 is 0.978. The van der Waals surface area contributed by atoms with Gasteiger partial charge in [-0.25, -0.2) is 0 Å². The van der Waals surface area contributed by atoms with E-state index in [0.29, 0.717) is 0 Å². The Morgan fingerprint density at radius 1 is 1.13 bits per heavy atom. The molecule has 0 amide bonds. The molecule has 1 nitrogen and oxygen atoms in total. The quantitative estimate of drug-likeness (QED) is 0.285. The molecule has 23 heavy (non-hydrogen) atoms. The van der Waals surface area contributed by atoms with Crippen LogP contribution >= 0.6 is 15.9 Å². The Balaban J connectivity index is 0.00000132. The SMILES string of the molecule is C[C-]1C=CC=CC(C#Cc2ccc3ncc(Br)cc3c2)=C1.[CH3-].[Lr]. The third-order valence-electron chi connectivity index (χ3n) is 3.13. The molecule has 1 aromatic carbocycles. The number of hydrogen-bond acceptors (Lipinski definition) is 1. The minimum atomic E-state index is 0. The number of pyridine rings is 1. The van der Waals surface area contributed by atoms with Gasteiger partial charge in [0, 0.05) is 21.6 Å².